The Balaban J connectivity index is 0.000000360. The van der Waals surface area contributed by atoms with Crippen LogP contribution in [0.3, 0.4) is 0 Å². The number of H-pyrrole nitrogens is 1. The molecule has 0 saturated carbocycles. The smallest absolute Gasteiger partial charge is 0.344 e. The third-order valence-corrected chi connectivity index (χ3v) is 4.88. The average molecular weight is 415 g/mol. The van der Waals surface area contributed by atoms with Gasteiger partial charge in [0.15, 0.2) is 6.61 Å². The van der Waals surface area contributed by atoms with Crippen LogP contribution < -0.4 is 10.5 Å². The molecule has 0 unspecified atom stereocenters. The van der Waals surface area contributed by atoms with E-state index in [0.717, 1.165) is 28.9 Å². The minimum Gasteiger partial charge on any atom is -0.482 e. The Hall–Kier alpha value is -3.06. The molecule has 30 heavy (non-hydrogen) atoms. The van der Waals surface area contributed by atoms with Crippen LogP contribution >= 0.6 is 0 Å². The van der Waals surface area contributed by atoms with Gasteiger partial charge in [0, 0.05) is 20.5 Å². The monoisotopic (exact) mass is 414 g/mol. The summed E-state index contributed by atoms with van der Waals surface area (Å²) in [5, 5.41) is 7.76. The number of nitrogens with two attached hydrogens (primary N) is 1. The highest BCUT2D eigenvalue weighted by molar-refractivity contribution is 5.81. The molecule has 7 nitrogen and oxygen atoms in total. The predicted octanol–water partition coefficient (Wildman–Crippen LogP) is 4.25. The van der Waals surface area contributed by atoms with E-state index in [1.54, 1.807) is 13.1 Å². The number of ether oxygens (including phenoxy) is 2. The fraction of sp³-hybridized carbons (Fsp3) is 0.391. The maximum atomic E-state index is 11.3. The lowest BCUT2D eigenvalue weighted by Gasteiger charge is -2.26. The number of carbonyl (C=O) groups excluding carboxylic acids is 1. The maximum absolute atomic E-state index is 11.3. The van der Waals surface area contributed by atoms with Crippen LogP contribution in [-0.4, -0.2) is 47.4 Å². The summed E-state index contributed by atoms with van der Waals surface area (Å²) in [6.45, 7) is 5.45. The van der Waals surface area contributed by atoms with Crippen molar-refractivity contribution in [1.29, 1.82) is 0 Å². The summed E-state index contributed by atoms with van der Waals surface area (Å²) in [7, 11) is 0. The van der Waals surface area contributed by atoms with Crippen molar-refractivity contribution in [3.8, 4) is 5.75 Å². The molecule has 3 N–H and O–H groups in total. The van der Waals surface area contributed by atoms with E-state index in [1.807, 2.05) is 36.4 Å². The van der Waals surface area contributed by atoms with Gasteiger partial charge in [0.2, 0.25) is 0 Å². The molecule has 3 aromatic rings. The second-order valence-corrected chi connectivity index (χ2v) is 7.29. The Bertz CT molecular complexity index is 946. The van der Waals surface area contributed by atoms with Crippen molar-refractivity contribution in [1.82, 2.24) is 15.1 Å². The van der Waals surface area contributed by atoms with Crippen LogP contribution in [0.5, 0.6) is 5.75 Å². The highest BCUT2D eigenvalue weighted by Gasteiger charge is 2.11. The summed E-state index contributed by atoms with van der Waals surface area (Å²) in [5.74, 6) is 0.404. The summed E-state index contributed by atoms with van der Waals surface area (Å²) in [6.07, 6.45) is 5.68. The van der Waals surface area contributed by atoms with Gasteiger partial charge in [-0.15, -0.1) is 0 Å². The molecule has 1 aromatic heterocycles. The number of rotatable bonds is 6. The fourth-order valence-electron chi connectivity index (χ4n) is 3.42. The first-order valence-electron chi connectivity index (χ1n) is 10.4. The number of esters is 1. The number of aromatic nitrogens is 2. The maximum Gasteiger partial charge on any atom is 0.344 e. The number of hydrogen-bond acceptors (Lipinski definition) is 6. The molecule has 2 aromatic carbocycles. The lowest BCUT2D eigenvalue weighted by Crippen LogP contribution is -2.29. The molecule has 0 bridgehead atoms. The van der Waals surface area contributed by atoms with Crippen LogP contribution in [-0.2, 0) is 16.1 Å². The van der Waals surface area contributed by atoms with E-state index in [0.29, 0.717) is 6.61 Å². The predicted molar refractivity (Wildman–Crippen MR) is 122 cm³/mol. The zero-order valence-corrected chi connectivity index (χ0v) is 17.5. The fourth-order valence-corrected chi connectivity index (χ4v) is 3.42. The van der Waals surface area contributed by atoms with E-state index in [9.17, 15) is 4.79 Å². The first-order valence-corrected chi connectivity index (χ1v) is 10.4. The molecule has 1 aliphatic rings. The van der Waals surface area contributed by atoms with Gasteiger partial charge in [-0.1, -0.05) is 18.6 Å². The summed E-state index contributed by atoms with van der Waals surface area (Å²) in [6, 6.07) is 13.6. The van der Waals surface area contributed by atoms with Crippen LogP contribution in [0.25, 0.3) is 10.9 Å². The van der Waals surface area contributed by atoms with Crippen molar-refractivity contribution in [2.45, 2.75) is 32.7 Å². The number of nitrogens with one attached hydrogen (secondary N) is 1. The third kappa shape index (κ3) is 6.77. The quantitative estimate of drug-likeness (QED) is 0.463. The zero-order chi connectivity index (χ0) is 21.2. The third-order valence-electron chi connectivity index (χ3n) is 4.88. The lowest BCUT2D eigenvalue weighted by atomic mass is 10.1. The van der Waals surface area contributed by atoms with Crippen molar-refractivity contribution in [2.24, 2.45) is 0 Å². The molecule has 1 aliphatic heterocycles. The van der Waals surface area contributed by atoms with Crippen molar-refractivity contribution in [3.63, 3.8) is 0 Å². The zero-order valence-electron chi connectivity index (χ0n) is 17.5. The van der Waals surface area contributed by atoms with Gasteiger partial charge < -0.3 is 15.2 Å². The van der Waals surface area contributed by atoms with Gasteiger partial charge in [0.25, 0.3) is 0 Å². The number of benzene rings is 2. The van der Waals surface area contributed by atoms with Crippen LogP contribution in [0.1, 0.15) is 34.6 Å². The Morgan fingerprint density at radius 2 is 2.03 bits per heavy atom. The first-order chi connectivity index (χ1) is 14.6. The first kappa shape index (κ1) is 21.6. The number of aromatic amines is 1. The number of nitrogen functional groups attached to an aromatic ring is 1. The van der Waals surface area contributed by atoms with Gasteiger partial charge in [-0.3, -0.25) is 10.00 Å². The van der Waals surface area contributed by atoms with E-state index >= 15 is 0 Å². The number of piperidine rings is 1. The molecule has 2 heterocycles. The van der Waals surface area contributed by atoms with E-state index in [4.69, 9.17) is 15.2 Å². The molecule has 0 radical (unpaired) electrons. The molecule has 0 amide bonds. The second kappa shape index (κ2) is 11.2. The Kier molecular flexibility index (Phi) is 8.09. The Morgan fingerprint density at radius 3 is 2.83 bits per heavy atom. The van der Waals surface area contributed by atoms with E-state index in [-0.39, 0.29) is 15.4 Å². The second-order valence-electron chi connectivity index (χ2n) is 7.29. The minimum atomic E-state index is -0.325. The standard InChI is InChI=1S/C16H23NO3.C7H7N3.2H2/c1-2-19-16(18)13-20-15-8-6-7-14(11-15)12-17-9-4-3-5-10-17;8-6-1-2-7-5(3-6)4-9-10-7;;/h6-8,11H,2-5,9-10,12-13H2,1H3;1-4H,8H2,(H,9,10);2*1H. The number of nitrogens with zero attached hydrogens (tertiary/aromatic N) is 2. The normalized spacial score (nSPS) is 14.0. The number of likely N-dealkylation sites (tertiary alicyclic amines) is 1. The van der Waals surface area contributed by atoms with Gasteiger partial charge in [-0.05, 0) is 68.8 Å². The summed E-state index contributed by atoms with van der Waals surface area (Å²) in [4.78, 5) is 13.7. The number of carbonyl (C=O) groups is 1. The summed E-state index contributed by atoms with van der Waals surface area (Å²) >= 11 is 0. The van der Waals surface area contributed by atoms with Crippen molar-refractivity contribution < 1.29 is 17.1 Å². The molecule has 4 rings (SSSR count). The van der Waals surface area contributed by atoms with Crippen LogP contribution in [0.4, 0.5) is 5.69 Å². The Labute approximate surface area is 180 Å². The van der Waals surface area contributed by atoms with Gasteiger partial charge in [0.1, 0.15) is 5.75 Å². The van der Waals surface area contributed by atoms with Gasteiger partial charge >= 0.3 is 5.97 Å². The highest BCUT2D eigenvalue weighted by atomic mass is 16.6. The molecule has 164 valence electrons. The van der Waals surface area contributed by atoms with Crippen LogP contribution in [0, 0.1) is 0 Å². The van der Waals surface area contributed by atoms with E-state index < -0.39 is 0 Å². The van der Waals surface area contributed by atoms with Gasteiger partial charge in [0.05, 0.1) is 18.3 Å². The molecule has 0 atom stereocenters. The van der Waals surface area contributed by atoms with E-state index in [2.05, 4.69) is 21.2 Å². The highest BCUT2D eigenvalue weighted by Crippen LogP contribution is 2.17. The van der Waals surface area contributed by atoms with Gasteiger partial charge in [-0.25, -0.2) is 4.79 Å². The lowest BCUT2D eigenvalue weighted by molar-refractivity contribution is -0.145. The number of hydrogen-bond donors (Lipinski definition) is 2. The van der Waals surface area contributed by atoms with Crippen molar-refractivity contribution >= 4 is 22.6 Å². The largest absolute Gasteiger partial charge is 0.482 e. The summed E-state index contributed by atoms with van der Waals surface area (Å²) in [5.41, 5.74) is 8.57. The van der Waals surface area contributed by atoms with Crippen LogP contribution in [0.15, 0.2) is 48.7 Å². The Morgan fingerprint density at radius 1 is 1.20 bits per heavy atom. The van der Waals surface area contributed by atoms with Gasteiger partial charge in [-0.2, -0.15) is 5.10 Å². The van der Waals surface area contributed by atoms with Crippen molar-refractivity contribution in [3.05, 3.63) is 54.2 Å². The molecule has 1 fully saturated rings. The SMILES string of the molecule is CCOC(=O)COc1cccc(CN2CCCCC2)c1.Nc1ccc2[nH]ncc2c1.[HH].[HH]. The van der Waals surface area contributed by atoms with Crippen molar-refractivity contribution in [2.75, 3.05) is 32.0 Å². The molecule has 0 aliphatic carbocycles. The minimum absolute atomic E-state index is 0. The number of fused-ring (bicyclic) bond motifs is 1. The molecular formula is C23H34N4O3. The van der Waals surface area contributed by atoms with Crippen LogP contribution in [0.2, 0.25) is 0 Å². The molecule has 7 heteroatoms. The molecular weight excluding hydrogens is 380 g/mol. The topological polar surface area (TPSA) is 93.5 Å². The molecule has 1 saturated heterocycles. The van der Waals surface area contributed by atoms with E-state index in [1.165, 1.54) is 37.9 Å². The average Bonchev–Trinajstić information content (AvgIpc) is 3.22. The summed E-state index contributed by atoms with van der Waals surface area (Å²) < 4.78 is 10.3. The number of anilines is 1. The molecule has 0 spiro atoms.